The monoisotopic (exact) mass is 231 g/mol. The highest BCUT2D eigenvalue weighted by Crippen LogP contribution is 2.17. The highest BCUT2D eigenvalue weighted by molar-refractivity contribution is 5.80. The number of esters is 1. The van der Waals surface area contributed by atoms with Crippen LogP contribution in [0.3, 0.4) is 0 Å². The van der Waals surface area contributed by atoms with Gasteiger partial charge in [0.25, 0.3) is 0 Å². The Morgan fingerprint density at radius 1 is 1.38 bits per heavy atom. The molecule has 0 aliphatic rings. The molecule has 96 valence electrons. The van der Waals surface area contributed by atoms with Crippen molar-refractivity contribution >= 4 is 5.97 Å². The third-order valence-corrected chi connectivity index (χ3v) is 2.43. The zero-order valence-electron chi connectivity index (χ0n) is 11.3. The maximum Gasteiger partial charge on any atom is 0.326 e. The van der Waals surface area contributed by atoms with Crippen LogP contribution in [-0.2, 0) is 14.3 Å². The van der Waals surface area contributed by atoms with Crippen molar-refractivity contribution < 1.29 is 14.3 Å². The molecule has 0 saturated heterocycles. The van der Waals surface area contributed by atoms with E-state index in [1.807, 2.05) is 34.6 Å². The molecule has 0 saturated carbocycles. The molecular formula is C12H25NO3. The number of carbonyl (C=O) groups excluding carboxylic acids is 1. The second kappa shape index (κ2) is 6.86. The number of methoxy groups -OCH3 is 1. The molecule has 0 fully saturated rings. The van der Waals surface area contributed by atoms with Crippen molar-refractivity contribution in [2.75, 3.05) is 13.7 Å². The van der Waals surface area contributed by atoms with Gasteiger partial charge in [0.15, 0.2) is 0 Å². The fraction of sp³-hybridized carbons (Fsp3) is 0.917. The molecule has 16 heavy (non-hydrogen) atoms. The van der Waals surface area contributed by atoms with E-state index in [-0.39, 0.29) is 18.1 Å². The molecule has 2 atom stereocenters. The van der Waals surface area contributed by atoms with Crippen molar-refractivity contribution in [1.82, 2.24) is 5.32 Å². The molecule has 0 aromatic heterocycles. The second-order valence-electron chi connectivity index (χ2n) is 4.60. The molecular weight excluding hydrogens is 206 g/mol. The number of hydrogen-bond donors (Lipinski definition) is 1. The predicted molar refractivity (Wildman–Crippen MR) is 64.4 cm³/mol. The molecule has 0 bridgehead atoms. The summed E-state index contributed by atoms with van der Waals surface area (Å²) in [5, 5.41) is 3.25. The van der Waals surface area contributed by atoms with Crippen LogP contribution in [0.25, 0.3) is 0 Å². The SMILES string of the molecule is CCOC(=O)C(C)(CC(C)OC)NC(C)C. The van der Waals surface area contributed by atoms with Gasteiger partial charge in [-0.3, -0.25) is 10.1 Å². The fourth-order valence-corrected chi connectivity index (χ4v) is 1.79. The van der Waals surface area contributed by atoms with E-state index in [2.05, 4.69) is 5.32 Å². The van der Waals surface area contributed by atoms with Crippen LogP contribution in [0.4, 0.5) is 0 Å². The standard InChI is InChI=1S/C12H25NO3/c1-7-16-11(14)12(5,13-9(2)3)8-10(4)15-6/h9-10,13H,7-8H2,1-6H3. The van der Waals surface area contributed by atoms with Crippen molar-refractivity contribution in [2.45, 2.75) is 58.7 Å². The lowest BCUT2D eigenvalue weighted by atomic mass is 9.93. The summed E-state index contributed by atoms with van der Waals surface area (Å²) in [4.78, 5) is 11.9. The first kappa shape index (κ1) is 15.4. The Kier molecular flexibility index (Phi) is 6.60. The fourth-order valence-electron chi connectivity index (χ4n) is 1.79. The number of rotatable bonds is 7. The molecule has 0 spiro atoms. The average Bonchev–Trinajstić information content (AvgIpc) is 2.16. The quantitative estimate of drug-likeness (QED) is 0.678. The van der Waals surface area contributed by atoms with Crippen LogP contribution in [0.2, 0.25) is 0 Å². The molecule has 0 amide bonds. The summed E-state index contributed by atoms with van der Waals surface area (Å²) >= 11 is 0. The molecule has 0 aromatic carbocycles. The lowest BCUT2D eigenvalue weighted by molar-refractivity contribution is -0.152. The minimum Gasteiger partial charge on any atom is -0.465 e. The number of carbonyl (C=O) groups is 1. The largest absolute Gasteiger partial charge is 0.465 e. The first-order valence-electron chi connectivity index (χ1n) is 5.83. The van der Waals surface area contributed by atoms with Gasteiger partial charge in [0.05, 0.1) is 12.7 Å². The molecule has 0 rings (SSSR count). The van der Waals surface area contributed by atoms with Gasteiger partial charge in [-0.15, -0.1) is 0 Å². The Labute approximate surface area is 98.7 Å². The Balaban J connectivity index is 4.66. The second-order valence-corrected chi connectivity index (χ2v) is 4.60. The van der Waals surface area contributed by atoms with E-state index in [9.17, 15) is 4.79 Å². The molecule has 0 heterocycles. The van der Waals surface area contributed by atoms with E-state index in [0.29, 0.717) is 13.0 Å². The molecule has 2 unspecified atom stereocenters. The summed E-state index contributed by atoms with van der Waals surface area (Å²) in [6.45, 7) is 10.0. The van der Waals surface area contributed by atoms with Gasteiger partial charge in [-0.2, -0.15) is 0 Å². The van der Waals surface area contributed by atoms with E-state index in [0.717, 1.165) is 0 Å². The van der Waals surface area contributed by atoms with Crippen molar-refractivity contribution in [3.63, 3.8) is 0 Å². The smallest absolute Gasteiger partial charge is 0.326 e. The zero-order valence-corrected chi connectivity index (χ0v) is 11.3. The average molecular weight is 231 g/mol. The van der Waals surface area contributed by atoms with E-state index in [4.69, 9.17) is 9.47 Å². The maximum atomic E-state index is 11.9. The molecule has 1 N–H and O–H groups in total. The molecule has 0 radical (unpaired) electrons. The van der Waals surface area contributed by atoms with Gasteiger partial charge in [-0.05, 0) is 34.6 Å². The van der Waals surface area contributed by atoms with Crippen molar-refractivity contribution in [3.8, 4) is 0 Å². The van der Waals surface area contributed by atoms with E-state index >= 15 is 0 Å². The minimum absolute atomic E-state index is 0.0145. The first-order chi connectivity index (χ1) is 7.35. The van der Waals surface area contributed by atoms with Crippen LogP contribution in [0.1, 0.15) is 41.0 Å². The summed E-state index contributed by atoms with van der Waals surface area (Å²) < 4.78 is 10.3. The summed E-state index contributed by atoms with van der Waals surface area (Å²) in [5.74, 6) is -0.215. The number of ether oxygens (including phenoxy) is 2. The van der Waals surface area contributed by atoms with Crippen LogP contribution in [0, 0.1) is 0 Å². The third-order valence-electron chi connectivity index (χ3n) is 2.43. The van der Waals surface area contributed by atoms with Crippen molar-refractivity contribution in [3.05, 3.63) is 0 Å². The van der Waals surface area contributed by atoms with Gasteiger partial charge in [-0.1, -0.05) is 0 Å². The van der Waals surface area contributed by atoms with Gasteiger partial charge >= 0.3 is 5.97 Å². The maximum absolute atomic E-state index is 11.9. The zero-order chi connectivity index (χ0) is 12.8. The Morgan fingerprint density at radius 2 is 1.94 bits per heavy atom. The topological polar surface area (TPSA) is 47.6 Å². The number of hydrogen-bond acceptors (Lipinski definition) is 4. The van der Waals surface area contributed by atoms with Crippen molar-refractivity contribution in [1.29, 1.82) is 0 Å². The van der Waals surface area contributed by atoms with E-state index in [1.165, 1.54) is 0 Å². The lowest BCUT2D eigenvalue weighted by Gasteiger charge is -2.32. The highest BCUT2D eigenvalue weighted by atomic mass is 16.5. The summed E-state index contributed by atoms with van der Waals surface area (Å²) in [7, 11) is 1.64. The molecule has 0 aliphatic heterocycles. The number of nitrogens with one attached hydrogen (secondary N) is 1. The van der Waals surface area contributed by atoms with E-state index < -0.39 is 5.54 Å². The minimum atomic E-state index is -0.681. The normalized spacial score (nSPS) is 16.9. The molecule has 4 nitrogen and oxygen atoms in total. The third kappa shape index (κ3) is 4.94. The Morgan fingerprint density at radius 3 is 2.31 bits per heavy atom. The van der Waals surface area contributed by atoms with Crippen LogP contribution in [0.5, 0.6) is 0 Å². The van der Waals surface area contributed by atoms with Crippen LogP contribution < -0.4 is 5.32 Å². The molecule has 0 aromatic rings. The summed E-state index contributed by atoms with van der Waals surface area (Å²) in [6.07, 6.45) is 0.612. The van der Waals surface area contributed by atoms with Crippen LogP contribution in [0.15, 0.2) is 0 Å². The van der Waals surface area contributed by atoms with Gasteiger partial charge in [0.2, 0.25) is 0 Å². The van der Waals surface area contributed by atoms with Crippen LogP contribution in [-0.4, -0.2) is 37.4 Å². The summed E-state index contributed by atoms with van der Waals surface area (Å²) in [6, 6.07) is 0.221. The van der Waals surface area contributed by atoms with Gasteiger partial charge < -0.3 is 9.47 Å². The first-order valence-corrected chi connectivity index (χ1v) is 5.83. The Hall–Kier alpha value is -0.610. The van der Waals surface area contributed by atoms with E-state index in [1.54, 1.807) is 7.11 Å². The van der Waals surface area contributed by atoms with Crippen LogP contribution >= 0.6 is 0 Å². The Bertz CT molecular complexity index is 218. The van der Waals surface area contributed by atoms with Gasteiger partial charge in [-0.25, -0.2) is 0 Å². The van der Waals surface area contributed by atoms with Gasteiger partial charge in [0, 0.05) is 19.6 Å². The molecule has 0 aliphatic carbocycles. The lowest BCUT2D eigenvalue weighted by Crippen LogP contribution is -2.54. The summed E-state index contributed by atoms with van der Waals surface area (Å²) in [5.41, 5.74) is -0.681. The van der Waals surface area contributed by atoms with Crippen molar-refractivity contribution in [2.24, 2.45) is 0 Å². The molecule has 4 heteroatoms. The van der Waals surface area contributed by atoms with Gasteiger partial charge in [0.1, 0.15) is 5.54 Å². The predicted octanol–water partition coefficient (Wildman–Crippen LogP) is 1.73. The highest BCUT2D eigenvalue weighted by Gasteiger charge is 2.36.